The Morgan fingerprint density at radius 1 is 0.941 bits per heavy atom. The van der Waals surface area contributed by atoms with E-state index in [0.29, 0.717) is 22.9 Å². The number of carbonyl (C=O) groups excluding carboxylic acids is 2. The van der Waals surface area contributed by atoms with E-state index in [0.717, 1.165) is 5.56 Å². The molecule has 1 atom stereocenters. The van der Waals surface area contributed by atoms with Crippen molar-refractivity contribution in [1.82, 2.24) is 10.3 Å². The number of methoxy groups -OCH3 is 3. The molecule has 34 heavy (non-hydrogen) atoms. The predicted octanol–water partition coefficient (Wildman–Crippen LogP) is 3.89. The van der Waals surface area contributed by atoms with Gasteiger partial charge in [0, 0.05) is 11.8 Å². The first kappa shape index (κ1) is 24.4. The average molecular weight is 466 g/mol. The molecule has 2 N–H and O–H groups in total. The number of hydrogen-bond donors (Lipinski definition) is 2. The van der Waals surface area contributed by atoms with E-state index in [1.807, 2.05) is 12.1 Å². The molecular formula is C25H27N3O6. The summed E-state index contributed by atoms with van der Waals surface area (Å²) in [6.45, 7) is 1.34. The summed E-state index contributed by atoms with van der Waals surface area (Å²) >= 11 is 0. The zero-order chi connectivity index (χ0) is 24.5. The fourth-order valence-corrected chi connectivity index (χ4v) is 3.29. The van der Waals surface area contributed by atoms with Crippen LogP contribution in [0.25, 0.3) is 0 Å². The SMILES string of the molecule is COc1ccc(OC)c(C(C)NC(=O)COC(=O)c2cccnc2Nc2ccccc2OC)c1. The van der Waals surface area contributed by atoms with E-state index in [1.165, 1.54) is 0 Å². The number of esters is 1. The zero-order valence-electron chi connectivity index (χ0n) is 19.5. The maximum atomic E-state index is 12.7. The van der Waals surface area contributed by atoms with Crippen LogP contribution in [0.5, 0.6) is 17.2 Å². The average Bonchev–Trinajstić information content (AvgIpc) is 2.87. The second-order valence-corrected chi connectivity index (χ2v) is 7.20. The number of ether oxygens (including phenoxy) is 4. The van der Waals surface area contributed by atoms with Crippen molar-refractivity contribution in [3.8, 4) is 17.2 Å². The molecule has 0 aliphatic heterocycles. The molecule has 3 rings (SSSR count). The molecule has 1 aromatic heterocycles. The third-order valence-electron chi connectivity index (χ3n) is 5.00. The lowest BCUT2D eigenvalue weighted by molar-refractivity contribution is -0.124. The topological polar surface area (TPSA) is 108 Å². The summed E-state index contributed by atoms with van der Waals surface area (Å²) in [6, 6.07) is 15.3. The maximum absolute atomic E-state index is 12.7. The molecule has 0 saturated heterocycles. The molecular weight excluding hydrogens is 438 g/mol. The summed E-state index contributed by atoms with van der Waals surface area (Å²) in [5.41, 5.74) is 1.55. The quantitative estimate of drug-likeness (QED) is 0.434. The van der Waals surface area contributed by atoms with Gasteiger partial charge in [-0.05, 0) is 49.4 Å². The van der Waals surface area contributed by atoms with Crippen LogP contribution in [-0.2, 0) is 9.53 Å². The van der Waals surface area contributed by atoms with E-state index >= 15 is 0 Å². The number of anilines is 2. The van der Waals surface area contributed by atoms with E-state index in [2.05, 4.69) is 15.6 Å². The Balaban J connectivity index is 1.65. The van der Waals surface area contributed by atoms with Gasteiger partial charge in [0.15, 0.2) is 6.61 Å². The van der Waals surface area contributed by atoms with Crippen molar-refractivity contribution < 1.29 is 28.5 Å². The van der Waals surface area contributed by atoms with E-state index < -0.39 is 24.5 Å². The maximum Gasteiger partial charge on any atom is 0.342 e. The molecule has 0 spiro atoms. The van der Waals surface area contributed by atoms with Crippen molar-refractivity contribution >= 4 is 23.4 Å². The molecule has 0 aliphatic rings. The number of hydrogen-bond acceptors (Lipinski definition) is 8. The van der Waals surface area contributed by atoms with E-state index in [1.54, 1.807) is 76.9 Å². The van der Waals surface area contributed by atoms with Crippen LogP contribution in [0.1, 0.15) is 28.9 Å². The van der Waals surface area contributed by atoms with Crippen molar-refractivity contribution in [3.05, 3.63) is 71.9 Å². The molecule has 0 radical (unpaired) electrons. The lowest BCUT2D eigenvalue weighted by Crippen LogP contribution is -2.31. The number of nitrogens with one attached hydrogen (secondary N) is 2. The number of carbonyl (C=O) groups is 2. The number of para-hydroxylation sites is 2. The van der Waals surface area contributed by atoms with Gasteiger partial charge in [-0.25, -0.2) is 9.78 Å². The fraction of sp³-hybridized carbons (Fsp3) is 0.240. The first-order chi connectivity index (χ1) is 16.5. The Labute approximate surface area is 198 Å². The van der Waals surface area contributed by atoms with Crippen LogP contribution in [-0.4, -0.2) is 44.8 Å². The molecule has 9 heteroatoms. The van der Waals surface area contributed by atoms with E-state index in [-0.39, 0.29) is 11.4 Å². The second-order valence-electron chi connectivity index (χ2n) is 7.20. The van der Waals surface area contributed by atoms with E-state index in [9.17, 15) is 9.59 Å². The molecule has 3 aromatic rings. The molecule has 0 bridgehead atoms. The highest BCUT2D eigenvalue weighted by molar-refractivity contribution is 5.96. The molecule has 1 unspecified atom stereocenters. The Morgan fingerprint density at radius 3 is 2.44 bits per heavy atom. The minimum absolute atomic E-state index is 0.184. The molecule has 2 aromatic carbocycles. The normalized spacial score (nSPS) is 11.2. The van der Waals surface area contributed by atoms with Gasteiger partial charge in [0.2, 0.25) is 0 Å². The number of nitrogens with zero attached hydrogens (tertiary/aromatic N) is 1. The van der Waals surface area contributed by atoms with Crippen LogP contribution < -0.4 is 24.8 Å². The van der Waals surface area contributed by atoms with Crippen molar-refractivity contribution in [2.75, 3.05) is 33.3 Å². The molecule has 178 valence electrons. The molecule has 9 nitrogen and oxygen atoms in total. The predicted molar refractivity (Wildman–Crippen MR) is 127 cm³/mol. The number of aromatic nitrogens is 1. The van der Waals surface area contributed by atoms with Crippen LogP contribution in [0, 0.1) is 0 Å². The van der Waals surface area contributed by atoms with Crippen molar-refractivity contribution in [1.29, 1.82) is 0 Å². The van der Waals surface area contributed by atoms with Crippen molar-refractivity contribution in [2.24, 2.45) is 0 Å². The number of pyridine rings is 1. The summed E-state index contributed by atoms with van der Waals surface area (Å²) in [5.74, 6) is 0.963. The van der Waals surface area contributed by atoms with Gasteiger partial charge in [0.25, 0.3) is 5.91 Å². The van der Waals surface area contributed by atoms with Crippen LogP contribution >= 0.6 is 0 Å². The fourth-order valence-electron chi connectivity index (χ4n) is 3.29. The third-order valence-corrected chi connectivity index (χ3v) is 5.00. The Bertz CT molecular complexity index is 1150. The van der Waals surface area contributed by atoms with Gasteiger partial charge in [0.1, 0.15) is 28.6 Å². The van der Waals surface area contributed by atoms with Crippen molar-refractivity contribution in [3.63, 3.8) is 0 Å². The first-order valence-electron chi connectivity index (χ1n) is 10.5. The number of rotatable bonds is 10. The molecule has 0 saturated carbocycles. The largest absolute Gasteiger partial charge is 0.497 e. The van der Waals surface area contributed by atoms with Crippen LogP contribution in [0.4, 0.5) is 11.5 Å². The van der Waals surface area contributed by atoms with Crippen LogP contribution in [0.2, 0.25) is 0 Å². The van der Waals surface area contributed by atoms with Crippen molar-refractivity contribution in [2.45, 2.75) is 13.0 Å². The number of amides is 1. The Kier molecular flexibility index (Phi) is 8.28. The summed E-state index contributed by atoms with van der Waals surface area (Å²) in [6.07, 6.45) is 1.55. The lowest BCUT2D eigenvalue weighted by atomic mass is 10.1. The molecule has 0 aliphatic carbocycles. The Morgan fingerprint density at radius 2 is 1.71 bits per heavy atom. The van der Waals surface area contributed by atoms with E-state index in [4.69, 9.17) is 18.9 Å². The molecule has 1 heterocycles. The smallest absolute Gasteiger partial charge is 0.342 e. The summed E-state index contributed by atoms with van der Waals surface area (Å²) in [7, 11) is 4.66. The highest BCUT2D eigenvalue weighted by Crippen LogP contribution is 2.29. The Hall–Kier alpha value is -4.27. The monoisotopic (exact) mass is 465 g/mol. The second kappa shape index (κ2) is 11.6. The minimum Gasteiger partial charge on any atom is -0.497 e. The standard InChI is InChI=1S/C25H27N3O6/c1-16(19-14-17(31-2)11-12-21(19)32-3)27-23(29)15-34-25(30)18-8-7-13-26-24(18)28-20-9-5-6-10-22(20)33-4/h5-14,16H,15H2,1-4H3,(H,26,28)(H,27,29). The van der Waals surface area contributed by atoms with Gasteiger partial charge in [-0.1, -0.05) is 12.1 Å². The van der Waals surface area contributed by atoms with Gasteiger partial charge in [-0.2, -0.15) is 0 Å². The van der Waals surface area contributed by atoms with Crippen LogP contribution in [0.15, 0.2) is 60.8 Å². The summed E-state index contributed by atoms with van der Waals surface area (Å²) in [4.78, 5) is 29.4. The summed E-state index contributed by atoms with van der Waals surface area (Å²) in [5, 5.41) is 5.87. The first-order valence-corrected chi connectivity index (χ1v) is 10.5. The molecule has 1 amide bonds. The van der Waals surface area contributed by atoms with Gasteiger partial charge in [-0.3, -0.25) is 4.79 Å². The highest BCUT2D eigenvalue weighted by atomic mass is 16.5. The minimum atomic E-state index is -0.688. The van der Waals surface area contributed by atoms with Gasteiger partial charge < -0.3 is 29.6 Å². The van der Waals surface area contributed by atoms with Gasteiger partial charge in [0.05, 0.1) is 33.1 Å². The van der Waals surface area contributed by atoms with Crippen LogP contribution in [0.3, 0.4) is 0 Å². The highest BCUT2D eigenvalue weighted by Gasteiger charge is 2.19. The zero-order valence-corrected chi connectivity index (χ0v) is 19.5. The summed E-state index contributed by atoms with van der Waals surface area (Å²) < 4.78 is 21.2. The van der Waals surface area contributed by atoms with Gasteiger partial charge >= 0.3 is 5.97 Å². The third kappa shape index (κ3) is 5.94. The lowest BCUT2D eigenvalue weighted by Gasteiger charge is -2.18. The molecule has 0 fully saturated rings. The van der Waals surface area contributed by atoms with Gasteiger partial charge in [-0.15, -0.1) is 0 Å². The number of benzene rings is 2.